The van der Waals surface area contributed by atoms with Crippen molar-refractivity contribution in [3.63, 3.8) is 0 Å². The summed E-state index contributed by atoms with van der Waals surface area (Å²) in [7, 11) is 1.38. The Morgan fingerprint density at radius 1 is 1.47 bits per heavy atom. The Bertz CT molecular complexity index is 531. The zero-order valence-corrected chi connectivity index (χ0v) is 10.0. The first kappa shape index (κ1) is 10.2. The van der Waals surface area contributed by atoms with E-state index in [0.29, 0.717) is 5.69 Å². The number of hydrogen-bond donors (Lipinski definition) is 1. The van der Waals surface area contributed by atoms with Gasteiger partial charge in [-0.1, -0.05) is 22.0 Å². The highest BCUT2D eigenvalue weighted by molar-refractivity contribution is 9.10. The van der Waals surface area contributed by atoms with Crippen LogP contribution in [0.5, 0.6) is 0 Å². The normalized spacial score (nSPS) is 10.6. The van der Waals surface area contributed by atoms with Crippen LogP contribution in [0.15, 0.2) is 22.7 Å². The van der Waals surface area contributed by atoms with Crippen molar-refractivity contribution < 1.29 is 9.53 Å². The maximum absolute atomic E-state index is 11.4. The second-order valence-corrected chi connectivity index (χ2v) is 4.22. The van der Waals surface area contributed by atoms with Crippen LogP contribution in [-0.4, -0.2) is 18.1 Å². The number of esters is 1. The summed E-state index contributed by atoms with van der Waals surface area (Å²) in [4.78, 5) is 14.5. The fourth-order valence-electron chi connectivity index (χ4n) is 1.62. The second-order valence-electron chi connectivity index (χ2n) is 3.31. The van der Waals surface area contributed by atoms with Crippen LogP contribution < -0.4 is 0 Å². The Labute approximate surface area is 95.6 Å². The van der Waals surface area contributed by atoms with Crippen molar-refractivity contribution in [3.8, 4) is 0 Å². The standard InChI is InChI=1S/C11H10BrNO2/c1-6-8-4-3-7(12)5-9(8)13-10(6)11(14)15-2/h3-5,13H,1-2H3. The van der Waals surface area contributed by atoms with Crippen LogP contribution in [0.3, 0.4) is 0 Å². The van der Waals surface area contributed by atoms with Crippen LogP contribution in [0.25, 0.3) is 10.9 Å². The van der Waals surface area contributed by atoms with Crippen LogP contribution >= 0.6 is 15.9 Å². The van der Waals surface area contributed by atoms with E-state index in [1.165, 1.54) is 7.11 Å². The van der Waals surface area contributed by atoms with Crippen LogP contribution in [-0.2, 0) is 4.74 Å². The molecule has 1 heterocycles. The predicted molar refractivity (Wildman–Crippen MR) is 62.1 cm³/mol. The van der Waals surface area contributed by atoms with E-state index < -0.39 is 0 Å². The van der Waals surface area contributed by atoms with Gasteiger partial charge in [0.2, 0.25) is 0 Å². The van der Waals surface area contributed by atoms with E-state index in [1.54, 1.807) is 0 Å². The van der Waals surface area contributed by atoms with Gasteiger partial charge in [-0.05, 0) is 24.6 Å². The number of aromatic nitrogens is 1. The molecule has 3 nitrogen and oxygen atoms in total. The first-order chi connectivity index (χ1) is 7.13. The molecular formula is C11H10BrNO2. The number of methoxy groups -OCH3 is 1. The number of H-pyrrole nitrogens is 1. The van der Waals surface area contributed by atoms with Crippen LogP contribution in [0, 0.1) is 6.92 Å². The second kappa shape index (κ2) is 3.70. The molecule has 0 spiro atoms. The Morgan fingerprint density at radius 3 is 2.87 bits per heavy atom. The van der Waals surface area contributed by atoms with Crippen LogP contribution in [0.1, 0.15) is 16.1 Å². The third kappa shape index (κ3) is 1.65. The molecule has 0 saturated heterocycles. The highest BCUT2D eigenvalue weighted by Gasteiger charge is 2.14. The maximum Gasteiger partial charge on any atom is 0.354 e. The molecule has 1 aromatic heterocycles. The molecule has 4 heteroatoms. The predicted octanol–water partition coefficient (Wildman–Crippen LogP) is 3.03. The molecule has 15 heavy (non-hydrogen) atoms. The van der Waals surface area contributed by atoms with Crippen LogP contribution in [0.2, 0.25) is 0 Å². The van der Waals surface area contributed by atoms with Crippen molar-refractivity contribution in [1.82, 2.24) is 4.98 Å². The third-order valence-electron chi connectivity index (χ3n) is 2.41. The number of aromatic amines is 1. The van der Waals surface area contributed by atoms with Gasteiger partial charge in [-0.3, -0.25) is 0 Å². The molecule has 0 radical (unpaired) electrons. The molecule has 0 aliphatic carbocycles. The Kier molecular flexibility index (Phi) is 2.52. The van der Waals surface area contributed by atoms with E-state index >= 15 is 0 Å². The topological polar surface area (TPSA) is 42.1 Å². The summed E-state index contributed by atoms with van der Waals surface area (Å²) >= 11 is 3.38. The average Bonchev–Trinajstić information content (AvgIpc) is 2.54. The van der Waals surface area contributed by atoms with Gasteiger partial charge in [0.25, 0.3) is 0 Å². The number of aryl methyl sites for hydroxylation is 1. The zero-order valence-electron chi connectivity index (χ0n) is 8.43. The maximum atomic E-state index is 11.4. The minimum absolute atomic E-state index is 0.333. The third-order valence-corrected chi connectivity index (χ3v) is 2.90. The summed E-state index contributed by atoms with van der Waals surface area (Å²) in [5.74, 6) is -0.333. The number of rotatable bonds is 1. The molecule has 1 N–H and O–H groups in total. The number of nitrogens with one attached hydrogen (secondary N) is 1. The van der Waals surface area contributed by atoms with Crippen molar-refractivity contribution in [3.05, 3.63) is 33.9 Å². The van der Waals surface area contributed by atoms with E-state index in [4.69, 9.17) is 4.74 Å². The van der Waals surface area contributed by atoms with Gasteiger partial charge in [-0.15, -0.1) is 0 Å². The van der Waals surface area contributed by atoms with Gasteiger partial charge in [-0.2, -0.15) is 0 Å². The molecule has 0 fully saturated rings. The van der Waals surface area contributed by atoms with Gasteiger partial charge < -0.3 is 9.72 Å². The van der Waals surface area contributed by atoms with Crippen molar-refractivity contribution in [2.45, 2.75) is 6.92 Å². The lowest BCUT2D eigenvalue weighted by Crippen LogP contribution is -2.02. The summed E-state index contributed by atoms with van der Waals surface area (Å²) in [6.07, 6.45) is 0. The van der Waals surface area contributed by atoms with Crippen molar-refractivity contribution in [1.29, 1.82) is 0 Å². The number of ether oxygens (including phenoxy) is 1. The first-order valence-electron chi connectivity index (χ1n) is 4.49. The summed E-state index contributed by atoms with van der Waals surface area (Å²) in [5.41, 5.74) is 2.37. The lowest BCUT2D eigenvalue weighted by atomic mass is 10.1. The average molecular weight is 268 g/mol. The van der Waals surface area contributed by atoms with Crippen molar-refractivity contribution in [2.24, 2.45) is 0 Å². The molecule has 0 aliphatic heterocycles. The number of halogens is 1. The van der Waals surface area contributed by atoms with Gasteiger partial charge in [0, 0.05) is 15.4 Å². The number of hydrogen-bond acceptors (Lipinski definition) is 2. The lowest BCUT2D eigenvalue weighted by Gasteiger charge is -1.95. The summed E-state index contributed by atoms with van der Waals surface area (Å²) in [6.45, 7) is 1.90. The Hall–Kier alpha value is -1.29. The number of carbonyl (C=O) groups is 1. The molecular weight excluding hydrogens is 258 g/mol. The molecule has 0 aliphatic rings. The molecule has 0 unspecified atom stereocenters. The minimum atomic E-state index is -0.333. The van der Waals surface area contributed by atoms with Gasteiger partial charge in [0.1, 0.15) is 5.69 Å². The minimum Gasteiger partial charge on any atom is -0.464 e. The first-order valence-corrected chi connectivity index (χ1v) is 5.29. The smallest absolute Gasteiger partial charge is 0.354 e. The fourth-order valence-corrected chi connectivity index (χ4v) is 1.98. The number of carbonyl (C=O) groups excluding carboxylic acids is 1. The van der Waals surface area contributed by atoms with E-state index in [9.17, 15) is 4.79 Å². The van der Waals surface area contributed by atoms with Gasteiger partial charge in [-0.25, -0.2) is 4.79 Å². The molecule has 0 atom stereocenters. The number of fused-ring (bicyclic) bond motifs is 1. The van der Waals surface area contributed by atoms with Crippen molar-refractivity contribution >= 4 is 32.8 Å². The van der Waals surface area contributed by atoms with E-state index in [0.717, 1.165) is 20.9 Å². The quantitative estimate of drug-likeness (QED) is 0.808. The molecule has 0 bridgehead atoms. The zero-order chi connectivity index (χ0) is 11.0. The van der Waals surface area contributed by atoms with Gasteiger partial charge in [0.05, 0.1) is 7.11 Å². The fraction of sp³-hybridized carbons (Fsp3) is 0.182. The molecule has 1 aromatic carbocycles. The molecule has 2 rings (SSSR count). The van der Waals surface area contributed by atoms with E-state index in [1.807, 2.05) is 25.1 Å². The van der Waals surface area contributed by atoms with Crippen LogP contribution in [0.4, 0.5) is 0 Å². The Morgan fingerprint density at radius 2 is 2.20 bits per heavy atom. The summed E-state index contributed by atoms with van der Waals surface area (Å²) < 4.78 is 5.67. The molecule has 78 valence electrons. The highest BCUT2D eigenvalue weighted by Crippen LogP contribution is 2.25. The molecule has 2 aromatic rings. The summed E-state index contributed by atoms with van der Waals surface area (Å²) in [6, 6.07) is 5.86. The van der Waals surface area contributed by atoms with Gasteiger partial charge in [0.15, 0.2) is 0 Å². The highest BCUT2D eigenvalue weighted by atomic mass is 79.9. The Balaban J connectivity index is 2.69. The van der Waals surface area contributed by atoms with Gasteiger partial charge >= 0.3 is 5.97 Å². The monoisotopic (exact) mass is 267 g/mol. The van der Waals surface area contributed by atoms with E-state index in [2.05, 4.69) is 20.9 Å². The molecule has 0 amide bonds. The van der Waals surface area contributed by atoms with Crippen molar-refractivity contribution in [2.75, 3.05) is 7.11 Å². The lowest BCUT2D eigenvalue weighted by molar-refractivity contribution is 0.0594. The van der Waals surface area contributed by atoms with E-state index in [-0.39, 0.29) is 5.97 Å². The SMILES string of the molecule is COC(=O)c1[nH]c2cc(Br)ccc2c1C. The summed E-state index contributed by atoms with van der Waals surface area (Å²) in [5, 5.41) is 1.04. The molecule has 0 saturated carbocycles. The number of benzene rings is 1. The largest absolute Gasteiger partial charge is 0.464 e.